The first kappa shape index (κ1) is 15.5. The summed E-state index contributed by atoms with van der Waals surface area (Å²) >= 11 is 0. The Morgan fingerprint density at radius 1 is 1.47 bits per heavy atom. The third-order valence-electron chi connectivity index (χ3n) is 2.21. The summed E-state index contributed by atoms with van der Waals surface area (Å²) in [5.74, 6) is 0.518. The molecule has 19 heavy (non-hydrogen) atoms. The molecule has 0 fully saturated rings. The summed E-state index contributed by atoms with van der Waals surface area (Å²) in [7, 11) is 0. The van der Waals surface area contributed by atoms with E-state index < -0.39 is 12.8 Å². The highest BCUT2D eigenvalue weighted by Crippen LogP contribution is 2.14. The highest BCUT2D eigenvalue weighted by molar-refractivity contribution is 5.75. The molecule has 0 aliphatic carbocycles. The fraction of sp³-hybridized carbons (Fsp3) is 0.636. The summed E-state index contributed by atoms with van der Waals surface area (Å²) < 4.78 is 39.5. The summed E-state index contributed by atoms with van der Waals surface area (Å²) in [5.41, 5.74) is 0. The van der Waals surface area contributed by atoms with Crippen LogP contribution in [0.3, 0.4) is 0 Å². The monoisotopic (exact) mass is 279 g/mol. The van der Waals surface area contributed by atoms with Gasteiger partial charge in [0.05, 0.1) is 6.61 Å². The normalized spacial score (nSPS) is 11.5. The van der Waals surface area contributed by atoms with Crippen molar-refractivity contribution >= 4 is 5.91 Å². The van der Waals surface area contributed by atoms with Crippen molar-refractivity contribution in [3.8, 4) is 0 Å². The lowest BCUT2D eigenvalue weighted by molar-refractivity contribution is -0.174. The molecule has 1 amide bonds. The number of alkyl halides is 3. The molecular formula is C11H16F3N3O2. The van der Waals surface area contributed by atoms with Crippen LogP contribution in [0.1, 0.15) is 18.7 Å². The van der Waals surface area contributed by atoms with E-state index in [9.17, 15) is 18.0 Å². The topological polar surface area (TPSA) is 67.0 Å². The number of hydrogen-bond acceptors (Lipinski definition) is 3. The predicted molar refractivity (Wildman–Crippen MR) is 61.4 cm³/mol. The Morgan fingerprint density at radius 2 is 2.26 bits per heavy atom. The molecule has 0 spiro atoms. The average molecular weight is 279 g/mol. The number of rotatable bonds is 8. The van der Waals surface area contributed by atoms with Gasteiger partial charge < -0.3 is 15.0 Å². The van der Waals surface area contributed by atoms with Crippen molar-refractivity contribution in [3.05, 3.63) is 18.2 Å². The van der Waals surface area contributed by atoms with Crippen molar-refractivity contribution in [2.45, 2.75) is 25.4 Å². The molecule has 0 bridgehead atoms. The molecule has 8 heteroatoms. The maximum absolute atomic E-state index is 11.7. The molecule has 0 saturated carbocycles. The van der Waals surface area contributed by atoms with Crippen LogP contribution in [0.2, 0.25) is 0 Å². The molecule has 0 aliphatic heterocycles. The lowest BCUT2D eigenvalue weighted by atomic mass is 10.3. The second-order valence-electron chi connectivity index (χ2n) is 3.91. The van der Waals surface area contributed by atoms with Crippen molar-refractivity contribution in [1.82, 2.24) is 15.3 Å². The number of aryl methyl sites for hydroxylation is 1. The van der Waals surface area contributed by atoms with Crippen LogP contribution >= 0.6 is 0 Å². The first-order valence-electron chi connectivity index (χ1n) is 5.87. The summed E-state index contributed by atoms with van der Waals surface area (Å²) in [6.07, 6.45) is 0.356. The third kappa shape index (κ3) is 8.20. The highest BCUT2D eigenvalue weighted by Gasteiger charge is 2.27. The van der Waals surface area contributed by atoms with Gasteiger partial charge in [0, 0.05) is 31.8 Å². The van der Waals surface area contributed by atoms with Gasteiger partial charge in [-0.05, 0) is 6.42 Å². The molecule has 1 aromatic heterocycles. The summed E-state index contributed by atoms with van der Waals surface area (Å²) in [5, 5.41) is 2.60. The van der Waals surface area contributed by atoms with Gasteiger partial charge in [0.25, 0.3) is 0 Å². The fourth-order valence-electron chi connectivity index (χ4n) is 1.36. The minimum Gasteiger partial charge on any atom is -0.372 e. The average Bonchev–Trinajstić information content (AvgIpc) is 2.82. The van der Waals surface area contributed by atoms with E-state index in [1.54, 1.807) is 12.4 Å². The number of nitrogens with one attached hydrogen (secondary N) is 2. The number of aromatic amines is 1. The van der Waals surface area contributed by atoms with Gasteiger partial charge in [-0.2, -0.15) is 13.2 Å². The van der Waals surface area contributed by atoms with Gasteiger partial charge in [0.1, 0.15) is 12.4 Å². The van der Waals surface area contributed by atoms with Crippen LogP contribution < -0.4 is 5.32 Å². The van der Waals surface area contributed by atoms with Crippen molar-refractivity contribution in [2.24, 2.45) is 0 Å². The van der Waals surface area contributed by atoms with Crippen LogP contribution in [0.15, 0.2) is 12.4 Å². The fourth-order valence-corrected chi connectivity index (χ4v) is 1.36. The molecule has 0 atom stereocenters. The first-order chi connectivity index (χ1) is 8.97. The number of imidazole rings is 1. The molecule has 5 nitrogen and oxygen atoms in total. The largest absolute Gasteiger partial charge is 0.411 e. The lowest BCUT2D eigenvalue weighted by Crippen LogP contribution is -2.26. The Balaban J connectivity index is 1.96. The maximum atomic E-state index is 11.7. The van der Waals surface area contributed by atoms with Crippen molar-refractivity contribution < 1.29 is 22.7 Å². The van der Waals surface area contributed by atoms with E-state index in [1.807, 2.05) is 0 Å². The van der Waals surface area contributed by atoms with Gasteiger partial charge in [0.15, 0.2) is 0 Å². The number of H-pyrrole nitrogens is 1. The van der Waals surface area contributed by atoms with Gasteiger partial charge in [-0.1, -0.05) is 0 Å². The van der Waals surface area contributed by atoms with Crippen LogP contribution in [0, 0.1) is 0 Å². The zero-order chi connectivity index (χ0) is 14.1. The van der Waals surface area contributed by atoms with E-state index in [2.05, 4.69) is 20.0 Å². The standard InChI is InChI=1S/C11H16F3N3O2/c12-11(13,14)8-19-7-3-10(18)17-4-1-2-9-15-5-6-16-9/h5-6H,1-4,7-8H2,(H,15,16)(H,17,18). The number of carbonyl (C=O) groups is 1. The Hall–Kier alpha value is -1.57. The number of aromatic nitrogens is 2. The van der Waals surface area contributed by atoms with Gasteiger partial charge in [-0.25, -0.2) is 4.98 Å². The van der Waals surface area contributed by atoms with Gasteiger partial charge >= 0.3 is 6.18 Å². The van der Waals surface area contributed by atoms with Crippen LogP contribution in [0.4, 0.5) is 13.2 Å². The molecule has 0 saturated heterocycles. The van der Waals surface area contributed by atoms with E-state index in [1.165, 1.54) is 0 Å². The molecule has 0 unspecified atom stereocenters. The number of amides is 1. The number of nitrogens with zero attached hydrogens (tertiary/aromatic N) is 1. The summed E-state index contributed by atoms with van der Waals surface area (Å²) in [6.45, 7) is -1.10. The van der Waals surface area contributed by atoms with E-state index in [-0.39, 0.29) is 18.9 Å². The van der Waals surface area contributed by atoms with Crippen LogP contribution in [0.5, 0.6) is 0 Å². The van der Waals surface area contributed by atoms with Gasteiger partial charge in [-0.15, -0.1) is 0 Å². The zero-order valence-electron chi connectivity index (χ0n) is 10.3. The molecule has 0 aromatic carbocycles. The first-order valence-corrected chi connectivity index (χ1v) is 5.87. The zero-order valence-corrected chi connectivity index (χ0v) is 10.3. The number of ether oxygens (including phenoxy) is 1. The quantitative estimate of drug-likeness (QED) is 0.707. The van der Waals surface area contributed by atoms with Crippen LogP contribution in [0.25, 0.3) is 0 Å². The highest BCUT2D eigenvalue weighted by atomic mass is 19.4. The Bertz CT molecular complexity index is 366. The molecule has 1 heterocycles. The van der Waals surface area contributed by atoms with E-state index >= 15 is 0 Å². The second-order valence-corrected chi connectivity index (χ2v) is 3.91. The van der Waals surface area contributed by atoms with Crippen molar-refractivity contribution in [3.63, 3.8) is 0 Å². The van der Waals surface area contributed by atoms with E-state index in [0.29, 0.717) is 19.4 Å². The maximum Gasteiger partial charge on any atom is 0.411 e. The smallest absolute Gasteiger partial charge is 0.372 e. The van der Waals surface area contributed by atoms with E-state index in [4.69, 9.17) is 0 Å². The summed E-state index contributed by atoms with van der Waals surface area (Å²) in [4.78, 5) is 18.2. The number of hydrogen-bond donors (Lipinski definition) is 2. The van der Waals surface area contributed by atoms with Crippen LogP contribution in [-0.4, -0.2) is 41.8 Å². The Morgan fingerprint density at radius 3 is 2.89 bits per heavy atom. The molecular weight excluding hydrogens is 263 g/mol. The Labute approximate surface area is 108 Å². The van der Waals surface area contributed by atoms with Gasteiger partial charge in [0.2, 0.25) is 5.91 Å². The Kier molecular flexibility index (Phi) is 6.34. The third-order valence-corrected chi connectivity index (χ3v) is 2.21. The van der Waals surface area contributed by atoms with Crippen LogP contribution in [-0.2, 0) is 16.0 Å². The van der Waals surface area contributed by atoms with Crippen molar-refractivity contribution in [1.29, 1.82) is 0 Å². The number of halogens is 3. The minimum atomic E-state index is -4.35. The summed E-state index contributed by atoms with van der Waals surface area (Å²) in [6, 6.07) is 0. The predicted octanol–water partition coefficient (Wildman–Crippen LogP) is 1.43. The minimum absolute atomic E-state index is 0.0726. The molecule has 0 aliphatic rings. The molecule has 108 valence electrons. The molecule has 1 aromatic rings. The lowest BCUT2D eigenvalue weighted by Gasteiger charge is -2.07. The number of carbonyl (C=O) groups excluding carboxylic acids is 1. The van der Waals surface area contributed by atoms with E-state index in [0.717, 1.165) is 5.82 Å². The SMILES string of the molecule is O=C(CCOCC(F)(F)F)NCCCc1ncc[nH]1. The van der Waals surface area contributed by atoms with Gasteiger partial charge in [-0.3, -0.25) is 4.79 Å². The molecule has 2 N–H and O–H groups in total. The molecule has 1 rings (SSSR count). The molecule has 0 radical (unpaired) electrons. The van der Waals surface area contributed by atoms with Crippen molar-refractivity contribution in [2.75, 3.05) is 19.8 Å². The second kappa shape index (κ2) is 7.78.